The van der Waals surface area contributed by atoms with Crippen LogP contribution in [0.3, 0.4) is 0 Å². The van der Waals surface area contributed by atoms with E-state index in [1.807, 2.05) is 11.8 Å². The van der Waals surface area contributed by atoms with Gasteiger partial charge in [-0.15, -0.1) is 0 Å². The molecule has 1 fully saturated rings. The van der Waals surface area contributed by atoms with Gasteiger partial charge in [-0.3, -0.25) is 4.79 Å². The van der Waals surface area contributed by atoms with E-state index in [1.54, 1.807) is 17.1 Å². The Kier molecular flexibility index (Phi) is 3.98. The zero-order valence-corrected chi connectivity index (χ0v) is 10.6. The van der Waals surface area contributed by atoms with Crippen LogP contribution in [0, 0.1) is 0 Å². The topological polar surface area (TPSA) is 84.4 Å². The fraction of sp³-hybridized carbons (Fsp3) is 0.667. The number of imidazole rings is 1. The van der Waals surface area contributed by atoms with Crippen LogP contribution in [0.15, 0.2) is 12.5 Å². The van der Waals surface area contributed by atoms with Gasteiger partial charge in [-0.1, -0.05) is 0 Å². The molecule has 1 saturated heterocycles. The fourth-order valence-corrected chi connectivity index (χ4v) is 2.34. The molecule has 1 aliphatic rings. The van der Waals surface area contributed by atoms with Crippen LogP contribution in [0.5, 0.6) is 0 Å². The molecule has 6 heteroatoms. The number of nitrogens with two attached hydrogens (primary N) is 1. The summed E-state index contributed by atoms with van der Waals surface area (Å²) >= 11 is 0. The predicted molar refractivity (Wildman–Crippen MR) is 66.8 cm³/mol. The second-order valence-corrected chi connectivity index (χ2v) is 4.72. The SMILES string of the molecule is CC(C(=O)N1CCCC1)n1cncc1C(N)CO. The Hall–Kier alpha value is -1.40. The third kappa shape index (κ3) is 2.39. The summed E-state index contributed by atoms with van der Waals surface area (Å²) in [5, 5.41) is 9.10. The van der Waals surface area contributed by atoms with Crippen LogP contribution in [0.1, 0.15) is 37.5 Å². The summed E-state index contributed by atoms with van der Waals surface area (Å²) < 4.78 is 1.75. The third-order valence-electron chi connectivity index (χ3n) is 3.46. The zero-order chi connectivity index (χ0) is 13.1. The van der Waals surface area contributed by atoms with Crippen molar-refractivity contribution in [2.24, 2.45) is 5.73 Å². The Balaban J connectivity index is 2.15. The highest BCUT2D eigenvalue weighted by atomic mass is 16.3. The number of amides is 1. The smallest absolute Gasteiger partial charge is 0.245 e. The number of carbonyl (C=O) groups is 1. The molecular formula is C12H20N4O2. The lowest BCUT2D eigenvalue weighted by molar-refractivity contribution is -0.133. The average Bonchev–Trinajstić information content (AvgIpc) is 3.06. The molecule has 1 aromatic rings. The number of aliphatic hydroxyl groups is 1. The standard InChI is InChI=1S/C12H20N4O2/c1-9(12(18)15-4-2-3-5-15)16-8-14-6-11(16)10(13)7-17/h6,8-10,17H,2-5,7,13H2,1H3. The summed E-state index contributed by atoms with van der Waals surface area (Å²) in [6, 6.07) is -0.820. The first-order valence-electron chi connectivity index (χ1n) is 6.32. The van der Waals surface area contributed by atoms with E-state index in [4.69, 9.17) is 10.8 Å². The van der Waals surface area contributed by atoms with Crippen LogP contribution in [-0.2, 0) is 4.79 Å². The number of nitrogens with zero attached hydrogens (tertiary/aromatic N) is 3. The van der Waals surface area contributed by atoms with Gasteiger partial charge in [0.25, 0.3) is 0 Å². The predicted octanol–water partition coefficient (Wildman–Crippen LogP) is 0.0586. The summed E-state index contributed by atoms with van der Waals surface area (Å²) in [5.74, 6) is 0.0943. The number of likely N-dealkylation sites (tertiary alicyclic amines) is 1. The van der Waals surface area contributed by atoms with Crippen LogP contribution in [0.2, 0.25) is 0 Å². The van der Waals surface area contributed by atoms with Crippen LogP contribution >= 0.6 is 0 Å². The first-order valence-corrected chi connectivity index (χ1v) is 6.32. The Labute approximate surface area is 106 Å². The quantitative estimate of drug-likeness (QED) is 0.793. The molecule has 0 aliphatic carbocycles. The highest BCUT2D eigenvalue weighted by Crippen LogP contribution is 2.19. The Morgan fingerprint density at radius 2 is 2.22 bits per heavy atom. The van der Waals surface area contributed by atoms with E-state index in [2.05, 4.69) is 4.98 Å². The zero-order valence-electron chi connectivity index (χ0n) is 10.6. The van der Waals surface area contributed by atoms with Crippen LogP contribution < -0.4 is 5.73 Å². The lowest BCUT2D eigenvalue weighted by atomic mass is 10.2. The molecule has 0 radical (unpaired) electrons. The molecule has 2 rings (SSSR count). The Morgan fingerprint density at radius 1 is 1.56 bits per heavy atom. The molecule has 1 amide bonds. The van der Waals surface area contributed by atoms with E-state index in [0.717, 1.165) is 25.9 Å². The molecule has 6 nitrogen and oxygen atoms in total. The normalized spacial score (nSPS) is 18.9. The molecule has 1 aliphatic heterocycles. The second-order valence-electron chi connectivity index (χ2n) is 4.72. The minimum atomic E-state index is -0.499. The number of aromatic nitrogens is 2. The van der Waals surface area contributed by atoms with Crippen molar-refractivity contribution >= 4 is 5.91 Å². The molecule has 2 unspecified atom stereocenters. The average molecular weight is 252 g/mol. The van der Waals surface area contributed by atoms with E-state index in [9.17, 15) is 4.79 Å². The highest BCUT2D eigenvalue weighted by Gasteiger charge is 2.26. The minimum Gasteiger partial charge on any atom is -0.394 e. The lowest BCUT2D eigenvalue weighted by Gasteiger charge is -2.23. The van der Waals surface area contributed by atoms with Crippen LogP contribution in [0.25, 0.3) is 0 Å². The van der Waals surface area contributed by atoms with Gasteiger partial charge in [0.15, 0.2) is 0 Å². The molecule has 0 aromatic carbocycles. The monoisotopic (exact) mass is 252 g/mol. The molecule has 0 saturated carbocycles. The first kappa shape index (κ1) is 13.0. The molecule has 2 heterocycles. The van der Waals surface area contributed by atoms with E-state index < -0.39 is 6.04 Å². The maximum absolute atomic E-state index is 12.3. The van der Waals surface area contributed by atoms with Crippen molar-refractivity contribution in [2.75, 3.05) is 19.7 Å². The van der Waals surface area contributed by atoms with Crippen molar-refractivity contribution < 1.29 is 9.90 Å². The van der Waals surface area contributed by atoms with E-state index >= 15 is 0 Å². The van der Waals surface area contributed by atoms with E-state index in [1.165, 1.54) is 0 Å². The molecule has 3 N–H and O–H groups in total. The molecular weight excluding hydrogens is 232 g/mol. The van der Waals surface area contributed by atoms with Crippen molar-refractivity contribution in [3.05, 3.63) is 18.2 Å². The van der Waals surface area contributed by atoms with E-state index in [-0.39, 0.29) is 18.6 Å². The van der Waals surface area contributed by atoms with Crippen molar-refractivity contribution in [1.29, 1.82) is 0 Å². The minimum absolute atomic E-state index is 0.0943. The van der Waals surface area contributed by atoms with Crippen molar-refractivity contribution in [3.63, 3.8) is 0 Å². The van der Waals surface area contributed by atoms with Gasteiger partial charge in [-0.25, -0.2) is 4.98 Å². The maximum Gasteiger partial charge on any atom is 0.245 e. The number of hydrogen-bond acceptors (Lipinski definition) is 4. The fourth-order valence-electron chi connectivity index (χ4n) is 2.34. The molecule has 2 atom stereocenters. The van der Waals surface area contributed by atoms with Crippen molar-refractivity contribution in [3.8, 4) is 0 Å². The van der Waals surface area contributed by atoms with Gasteiger partial charge in [-0.05, 0) is 19.8 Å². The number of aliphatic hydroxyl groups excluding tert-OH is 1. The maximum atomic E-state index is 12.3. The van der Waals surface area contributed by atoms with Gasteiger partial charge < -0.3 is 20.3 Å². The molecule has 1 aromatic heterocycles. The third-order valence-corrected chi connectivity index (χ3v) is 3.46. The van der Waals surface area contributed by atoms with Gasteiger partial charge in [0, 0.05) is 19.3 Å². The van der Waals surface area contributed by atoms with Gasteiger partial charge >= 0.3 is 0 Å². The van der Waals surface area contributed by atoms with Crippen LogP contribution in [-0.4, -0.2) is 45.2 Å². The number of hydrogen-bond donors (Lipinski definition) is 2. The molecule has 100 valence electrons. The summed E-state index contributed by atoms with van der Waals surface area (Å²) in [5.41, 5.74) is 6.49. The van der Waals surface area contributed by atoms with Gasteiger partial charge in [0.2, 0.25) is 5.91 Å². The molecule has 0 bridgehead atoms. The molecule has 0 spiro atoms. The Morgan fingerprint density at radius 3 is 2.83 bits per heavy atom. The lowest BCUT2D eigenvalue weighted by Crippen LogP contribution is -2.35. The largest absolute Gasteiger partial charge is 0.394 e. The summed E-state index contributed by atoms with van der Waals surface area (Å²) in [7, 11) is 0. The van der Waals surface area contributed by atoms with Gasteiger partial charge in [0.1, 0.15) is 6.04 Å². The first-order chi connectivity index (χ1) is 8.65. The van der Waals surface area contributed by atoms with Gasteiger partial charge in [-0.2, -0.15) is 0 Å². The summed E-state index contributed by atoms with van der Waals surface area (Å²) in [6.45, 7) is 3.35. The number of rotatable bonds is 4. The highest BCUT2D eigenvalue weighted by molar-refractivity contribution is 5.80. The van der Waals surface area contributed by atoms with Crippen LogP contribution in [0.4, 0.5) is 0 Å². The summed E-state index contributed by atoms with van der Waals surface area (Å²) in [4.78, 5) is 18.2. The molecule has 18 heavy (non-hydrogen) atoms. The summed E-state index contributed by atoms with van der Waals surface area (Å²) in [6.07, 6.45) is 5.36. The van der Waals surface area contributed by atoms with Crippen molar-refractivity contribution in [2.45, 2.75) is 31.8 Å². The second kappa shape index (κ2) is 5.49. The van der Waals surface area contributed by atoms with Gasteiger partial charge in [0.05, 0.1) is 24.7 Å². The Bertz CT molecular complexity index is 412. The van der Waals surface area contributed by atoms with E-state index in [0.29, 0.717) is 5.69 Å². The number of carbonyl (C=O) groups excluding carboxylic acids is 1. The van der Waals surface area contributed by atoms with Crippen molar-refractivity contribution in [1.82, 2.24) is 14.5 Å².